The molecule has 1 heterocycles. The molecule has 0 amide bonds. The molecule has 0 saturated heterocycles. The number of hydrogen-bond acceptors (Lipinski definition) is 2. The molecular formula is C12H15BO2. The predicted octanol–water partition coefficient (Wildman–Crippen LogP) is 3.09. The van der Waals surface area contributed by atoms with E-state index in [0.717, 1.165) is 11.5 Å². The topological polar surface area (TPSA) is 18.5 Å². The summed E-state index contributed by atoms with van der Waals surface area (Å²) in [6, 6.07) is 7.72. The standard InChI is InChI=1S/C12H15BO2/c1-12(2,3)8-9-13-14-10-6-4-5-7-11(10)15-13/h4-9H,1-3H3/b9-8-. The summed E-state index contributed by atoms with van der Waals surface area (Å²) >= 11 is 0. The van der Waals surface area contributed by atoms with E-state index in [-0.39, 0.29) is 12.5 Å². The molecule has 0 bridgehead atoms. The first-order chi connectivity index (χ1) is 7.04. The fourth-order valence-electron chi connectivity index (χ4n) is 1.37. The molecular weight excluding hydrogens is 187 g/mol. The van der Waals surface area contributed by atoms with Crippen molar-refractivity contribution in [1.29, 1.82) is 0 Å². The Labute approximate surface area is 91.0 Å². The van der Waals surface area contributed by atoms with Gasteiger partial charge in [0.2, 0.25) is 0 Å². The number of allylic oxidation sites excluding steroid dienone is 1. The Balaban J connectivity index is 2.05. The lowest BCUT2D eigenvalue weighted by molar-refractivity contribution is 0.509. The smallest absolute Gasteiger partial charge is 0.520 e. The minimum atomic E-state index is -0.276. The molecule has 0 spiro atoms. The maximum absolute atomic E-state index is 5.59. The summed E-state index contributed by atoms with van der Waals surface area (Å²) in [6.07, 6.45) is 2.10. The first-order valence-corrected chi connectivity index (χ1v) is 5.16. The average Bonchev–Trinajstić information content (AvgIpc) is 2.56. The summed E-state index contributed by atoms with van der Waals surface area (Å²) in [4.78, 5) is 0. The van der Waals surface area contributed by atoms with Crippen molar-refractivity contribution in [1.82, 2.24) is 0 Å². The Morgan fingerprint density at radius 1 is 1.07 bits per heavy atom. The lowest BCUT2D eigenvalue weighted by atomic mass is 9.84. The van der Waals surface area contributed by atoms with Crippen LogP contribution in [0.25, 0.3) is 0 Å². The van der Waals surface area contributed by atoms with Crippen LogP contribution in [0.4, 0.5) is 0 Å². The van der Waals surface area contributed by atoms with Gasteiger partial charge in [0.15, 0.2) is 0 Å². The minimum absolute atomic E-state index is 0.154. The molecule has 3 heteroatoms. The summed E-state index contributed by atoms with van der Waals surface area (Å²) in [6.45, 7) is 6.43. The molecule has 0 unspecified atom stereocenters. The summed E-state index contributed by atoms with van der Waals surface area (Å²) < 4.78 is 11.2. The van der Waals surface area contributed by atoms with Crippen molar-refractivity contribution >= 4 is 7.12 Å². The van der Waals surface area contributed by atoms with Crippen molar-refractivity contribution in [3.8, 4) is 11.5 Å². The van der Waals surface area contributed by atoms with Crippen LogP contribution in [0.2, 0.25) is 0 Å². The second kappa shape index (κ2) is 3.65. The molecule has 2 nitrogen and oxygen atoms in total. The van der Waals surface area contributed by atoms with E-state index in [4.69, 9.17) is 9.31 Å². The van der Waals surface area contributed by atoms with Gasteiger partial charge in [0.05, 0.1) is 0 Å². The lowest BCUT2D eigenvalue weighted by Gasteiger charge is -2.11. The van der Waals surface area contributed by atoms with E-state index < -0.39 is 0 Å². The molecule has 1 aliphatic rings. The highest BCUT2D eigenvalue weighted by Gasteiger charge is 2.29. The van der Waals surface area contributed by atoms with Crippen molar-refractivity contribution in [3.63, 3.8) is 0 Å². The van der Waals surface area contributed by atoms with Crippen LogP contribution in [-0.2, 0) is 0 Å². The Kier molecular flexibility index (Phi) is 2.47. The number of hydrogen-bond donors (Lipinski definition) is 0. The largest absolute Gasteiger partial charge is 0.624 e. The zero-order valence-corrected chi connectivity index (χ0v) is 9.36. The summed E-state index contributed by atoms with van der Waals surface area (Å²) in [5, 5.41) is 0. The van der Waals surface area contributed by atoms with Crippen molar-refractivity contribution < 1.29 is 9.31 Å². The van der Waals surface area contributed by atoms with E-state index in [2.05, 4.69) is 26.8 Å². The Morgan fingerprint density at radius 3 is 2.07 bits per heavy atom. The zero-order valence-electron chi connectivity index (χ0n) is 9.36. The molecule has 0 fully saturated rings. The van der Waals surface area contributed by atoms with Gasteiger partial charge in [-0.15, -0.1) is 0 Å². The van der Waals surface area contributed by atoms with Gasteiger partial charge in [-0.2, -0.15) is 0 Å². The van der Waals surface area contributed by atoms with E-state index in [9.17, 15) is 0 Å². The number of rotatable bonds is 1. The molecule has 0 atom stereocenters. The second-order valence-electron chi connectivity index (χ2n) is 4.78. The van der Waals surface area contributed by atoms with Crippen molar-refractivity contribution in [2.75, 3.05) is 0 Å². The molecule has 0 aliphatic carbocycles. The first kappa shape index (κ1) is 10.2. The summed E-state index contributed by atoms with van der Waals surface area (Å²) in [5.74, 6) is 3.60. The summed E-state index contributed by atoms with van der Waals surface area (Å²) in [5.41, 5.74) is 0.154. The van der Waals surface area contributed by atoms with Gasteiger partial charge in [-0.3, -0.25) is 0 Å². The van der Waals surface area contributed by atoms with Crippen LogP contribution < -0.4 is 9.31 Å². The highest BCUT2D eigenvalue weighted by molar-refractivity contribution is 6.53. The van der Waals surface area contributed by atoms with E-state index in [1.165, 1.54) is 0 Å². The maximum atomic E-state index is 5.59. The van der Waals surface area contributed by atoms with Crippen LogP contribution in [0.3, 0.4) is 0 Å². The van der Waals surface area contributed by atoms with Gasteiger partial charge >= 0.3 is 7.12 Å². The Bertz CT molecular complexity index is 354. The molecule has 1 aromatic carbocycles. The fraction of sp³-hybridized carbons (Fsp3) is 0.333. The average molecular weight is 202 g/mol. The molecule has 1 aliphatic heterocycles. The fourth-order valence-corrected chi connectivity index (χ4v) is 1.37. The SMILES string of the molecule is CC(C)(C)/C=C\B1Oc2ccccc2O1. The molecule has 0 aromatic heterocycles. The van der Waals surface area contributed by atoms with Gasteiger partial charge in [-0.25, -0.2) is 0 Å². The highest BCUT2D eigenvalue weighted by Crippen LogP contribution is 2.33. The second-order valence-corrected chi connectivity index (χ2v) is 4.78. The predicted molar refractivity (Wildman–Crippen MR) is 62.0 cm³/mol. The van der Waals surface area contributed by atoms with E-state index >= 15 is 0 Å². The molecule has 15 heavy (non-hydrogen) atoms. The number of para-hydroxylation sites is 2. The van der Waals surface area contributed by atoms with Crippen LogP contribution in [0, 0.1) is 5.41 Å². The van der Waals surface area contributed by atoms with Crippen LogP contribution in [0.15, 0.2) is 36.3 Å². The van der Waals surface area contributed by atoms with Crippen molar-refractivity contribution in [2.45, 2.75) is 20.8 Å². The van der Waals surface area contributed by atoms with E-state index in [0.29, 0.717) is 0 Å². The zero-order chi connectivity index (χ0) is 10.9. The van der Waals surface area contributed by atoms with Crippen LogP contribution in [0.1, 0.15) is 20.8 Å². The highest BCUT2D eigenvalue weighted by atomic mass is 16.6. The third kappa shape index (κ3) is 2.55. The van der Waals surface area contributed by atoms with Crippen molar-refractivity contribution in [3.05, 3.63) is 36.3 Å². The van der Waals surface area contributed by atoms with Crippen LogP contribution in [0.5, 0.6) is 11.5 Å². The maximum Gasteiger partial charge on any atom is 0.624 e. The molecule has 78 valence electrons. The van der Waals surface area contributed by atoms with Gasteiger partial charge < -0.3 is 9.31 Å². The number of benzene rings is 1. The Hall–Kier alpha value is -1.38. The normalized spacial score (nSPS) is 15.0. The van der Waals surface area contributed by atoms with Crippen LogP contribution >= 0.6 is 0 Å². The van der Waals surface area contributed by atoms with Gasteiger partial charge in [0, 0.05) is 0 Å². The molecule has 2 rings (SSSR count). The van der Waals surface area contributed by atoms with Crippen molar-refractivity contribution in [2.24, 2.45) is 5.41 Å². The minimum Gasteiger partial charge on any atom is -0.520 e. The third-order valence-electron chi connectivity index (χ3n) is 2.09. The monoisotopic (exact) mass is 202 g/mol. The number of fused-ring (bicyclic) bond motifs is 1. The molecule has 0 saturated carbocycles. The van der Waals surface area contributed by atoms with Gasteiger partial charge in [0.1, 0.15) is 11.5 Å². The quantitative estimate of drug-likeness (QED) is 0.651. The van der Waals surface area contributed by atoms with E-state index in [1.54, 1.807) is 0 Å². The summed E-state index contributed by atoms with van der Waals surface area (Å²) in [7, 11) is -0.276. The molecule has 0 radical (unpaired) electrons. The molecule has 1 aromatic rings. The first-order valence-electron chi connectivity index (χ1n) is 5.16. The van der Waals surface area contributed by atoms with Gasteiger partial charge in [-0.1, -0.05) is 39.0 Å². The van der Waals surface area contributed by atoms with Crippen LogP contribution in [-0.4, -0.2) is 7.12 Å². The van der Waals surface area contributed by atoms with Gasteiger partial charge in [-0.05, 0) is 23.5 Å². The van der Waals surface area contributed by atoms with E-state index in [1.807, 2.05) is 30.2 Å². The Morgan fingerprint density at radius 2 is 1.60 bits per heavy atom. The lowest BCUT2D eigenvalue weighted by Crippen LogP contribution is -2.22. The third-order valence-corrected chi connectivity index (χ3v) is 2.09. The van der Waals surface area contributed by atoms with Gasteiger partial charge in [0.25, 0.3) is 0 Å². The molecule has 0 N–H and O–H groups in total.